The van der Waals surface area contributed by atoms with Gasteiger partial charge in [0.2, 0.25) is 0 Å². The predicted molar refractivity (Wildman–Crippen MR) is 75.3 cm³/mol. The number of aliphatic carboxylic acids is 1. The van der Waals surface area contributed by atoms with Crippen LogP contribution in [-0.4, -0.2) is 49.3 Å². The third-order valence-electron chi connectivity index (χ3n) is 3.51. The number of nitrogens with zero attached hydrogens (tertiary/aromatic N) is 1. The van der Waals surface area contributed by atoms with E-state index in [4.69, 9.17) is 14.6 Å². The van der Waals surface area contributed by atoms with Gasteiger partial charge in [0.1, 0.15) is 0 Å². The van der Waals surface area contributed by atoms with Gasteiger partial charge in [-0.15, -0.1) is 0 Å². The minimum absolute atomic E-state index is 0.116. The second kappa shape index (κ2) is 7.14. The fraction of sp³-hybridized carbons (Fsp3) is 0.533. The number of carboxylic acids is 1. The monoisotopic (exact) mass is 279 g/mol. The highest BCUT2D eigenvalue weighted by Crippen LogP contribution is 2.27. The molecule has 1 saturated heterocycles. The molecular formula is C15H21NO4. The Bertz CT molecular complexity index is 449. The zero-order chi connectivity index (χ0) is 14.4. The second-order valence-corrected chi connectivity index (χ2v) is 5.10. The summed E-state index contributed by atoms with van der Waals surface area (Å²) in [5, 5.41) is 8.84. The molecule has 0 spiro atoms. The van der Waals surface area contributed by atoms with Gasteiger partial charge in [0.25, 0.3) is 0 Å². The summed E-state index contributed by atoms with van der Waals surface area (Å²) in [4.78, 5) is 12.7. The van der Waals surface area contributed by atoms with Crippen LogP contribution in [0.2, 0.25) is 0 Å². The van der Waals surface area contributed by atoms with Crippen LogP contribution in [0.3, 0.4) is 0 Å². The Hall–Kier alpha value is -1.75. The second-order valence-electron chi connectivity index (χ2n) is 5.10. The molecule has 1 aromatic carbocycles. The van der Waals surface area contributed by atoms with Crippen molar-refractivity contribution in [1.82, 2.24) is 4.90 Å². The van der Waals surface area contributed by atoms with Crippen LogP contribution in [0.5, 0.6) is 11.5 Å². The summed E-state index contributed by atoms with van der Waals surface area (Å²) in [5.41, 5.74) is 0. The summed E-state index contributed by atoms with van der Waals surface area (Å²) in [6.07, 6.45) is 2.10. The Morgan fingerprint density at radius 3 is 2.85 bits per heavy atom. The SMILES string of the molecule is COc1ccccc1OCC1CCCN(CC(=O)O)C1. The zero-order valence-electron chi connectivity index (χ0n) is 11.7. The average molecular weight is 279 g/mol. The van der Waals surface area contributed by atoms with Crippen LogP contribution in [0, 0.1) is 5.92 Å². The highest BCUT2D eigenvalue weighted by molar-refractivity contribution is 5.69. The molecule has 0 amide bonds. The molecule has 20 heavy (non-hydrogen) atoms. The lowest BCUT2D eigenvalue weighted by Crippen LogP contribution is -2.40. The summed E-state index contributed by atoms with van der Waals surface area (Å²) in [5.74, 6) is 1.07. The third kappa shape index (κ3) is 4.13. The van der Waals surface area contributed by atoms with E-state index in [1.54, 1.807) is 7.11 Å². The van der Waals surface area contributed by atoms with Crippen molar-refractivity contribution in [3.8, 4) is 11.5 Å². The number of ether oxygens (including phenoxy) is 2. The molecule has 1 N–H and O–H groups in total. The van der Waals surface area contributed by atoms with Crippen LogP contribution in [-0.2, 0) is 4.79 Å². The van der Waals surface area contributed by atoms with Gasteiger partial charge in [-0.05, 0) is 31.5 Å². The number of hydrogen-bond donors (Lipinski definition) is 1. The summed E-state index contributed by atoms with van der Waals surface area (Å²) in [6.45, 7) is 2.35. The van der Waals surface area contributed by atoms with Gasteiger partial charge in [-0.25, -0.2) is 0 Å². The predicted octanol–water partition coefficient (Wildman–Crippen LogP) is 1.87. The van der Waals surface area contributed by atoms with E-state index >= 15 is 0 Å². The quantitative estimate of drug-likeness (QED) is 0.861. The Morgan fingerprint density at radius 1 is 1.40 bits per heavy atom. The van der Waals surface area contributed by atoms with Gasteiger partial charge < -0.3 is 14.6 Å². The van der Waals surface area contributed by atoms with Gasteiger partial charge in [-0.1, -0.05) is 12.1 Å². The molecule has 0 radical (unpaired) electrons. The number of benzene rings is 1. The highest BCUT2D eigenvalue weighted by atomic mass is 16.5. The van der Waals surface area contributed by atoms with Crippen molar-refractivity contribution in [3.63, 3.8) is 0 Å². The molecule has 1 fully saturated rings. The smallest absolute Gasteiger partial charge is 0.317 e. The summed E-state index contributed by atoms with van der Waals surface area (Å²) >= 11 is 0. The first-order valence-electron chi connectivity index (χ1n) is 6.89. The minimum atomic E-state index is -0.767. The van der Waals surface area contributed by atoms with Crippen molar-refractivity contribution >= 4 is 5.97 Å². The van der Waals surface area contributed by atoms with E-state index < -0.39 is 5.97 Å². The zero-order valence-corrected chi connectivity index (χ0v) is 11.7. The van der Waals surface area contributed by atoms with Crippen LogP contribution in [0.4, 0.5) is 0 Å². The molecule has 0 bridgehead atoms. The number of likely N-dealkylation sites (tertiary alicyclic amines) is 1. The number of carboxylic acid groups (broad SMARTS) is 1. The molecule has 110 valence electrons. The van der Waals surface area contributed by atoms with E-state index in [9.17, 15) is 4.79 Å². The highest BCUT2D eigenvalue weighted by Gasteiger charge is 2.22. The van der Waals surface area contributed by atoms with Gasteiger partial charge in [-0.2, -0.15) is 0 Å². The Kier molecular flexibility index (Phi) is 5.24. The Labute approximate surface area is 119 Å². The number of para-hydroxylation sites is 2. The van der Waals surface area contributed by atoms with Gasteiger partial charge in [0, 0.05) is 12.5 Å². The van der Waals surface area contributed by atoms with Crippen molar-refractivity contribution in [3.05, 3.63) is 24.3 Å². The summed E-state index contributed by atoms with van der Waals surface area (Å²) in [6, 6.07) is 7.57. The van der Waals surface area contributed by atoms with Crippen molar-refractivity contribution in [1.29, 1.82) is 0 Å². The van der Waals surface area contributed by atoms with E-state index in [0.717, 1.165) is 37.4 Å². The molecule has 0 aromatic heterocycles. The molecule has 0 saturated carbocycles. The van der Waals surface area contributed by atoms with Crippen molar-refractivity contribution < 1.29 is 19.4 Å². The lowest BCUT2D eigenvalue weighted by Gasteiger charge is -2.31. The van der Waals surface area contributed by atoms with E-state index in [2.05, 4.69) is 0 Å². The Balaban J connectivity index is 1.85. The molecule has 5 nitrogen and oxygen atoms in total. The van der Waals surface area contributed by atoms with Crippen LogP contribution < -0.4 is 9.47 Å². The van der Waals surface area contributed by atoms with Crippen molar-refractivity contribution in [2.75, 3.05) is 33.4 Å². The van der Waals surface area contributed by atoms with Gasteiger partial charge in [0.05, 0.1) is 20.3 Å². The van der Waals surface area contributed by atoms with E-state index in [-0.39, 0.29) is 6.54 Å². The van der Waals surface area contributed by atoms with Crippen LogP contribution >= 0.6 is 0 Å². The van der Waals surface area contributed by atoms with E-state index in [1.165, 1.54) is 0 Å². The number of rotatable bonds is 6. The standard InChI is InChI=1S/C15H21NO4/c1-19-13-6-2-3-7-14(13)20-11-12-5-4-8-16(9-12)10-15(17)18/h2-3,6-7,12H,4-5,8-11H2,1H3,(H,17,18). The van der Waals surface area contributed by atoms with E-state index in [0.29, 0.717) is 12.5 Å². The minimum Gasteiger partial charge on any atom is -0.493 e. The first-order chi connectivity index (χ1) is 9.69. The lowest BCUT2D eigenvalue weighted by atomic mass is 9.99. The van der Waals surface area contributed by atoms with Gasteiger partial charge >= 0.3 is 5.97 Å². The summed E-state index contributed by atoms with van der Waals surface area (Å²) < 4.78 is 11.1. The normalized spacial score (nSPS) is 19.6. The first-order valence-corrected chi connectivity index (χ1v) is 6.89. The first kappa shape index (κ1) is 14.7. The molecule has 1 aliphatic rings. The molecule has 5 heteroatoms. The Morgan fingerprint density at radius 2 is 2.15 bits per heavy atom. The summed E-state index contributed by atoms with van der Waals surface area (Å²) in [7, 11) is 1.62. The molecule has 1 unspecified atom stereocenters. The molecule has 1 aromatic rings. The van der Waals surface area contributed by atoms with Crippen LogP contribution in [0.15, 0.2) is 24.3 Å². The maximum absolute atomic E-state index is 10.7. The fourth-order valence-corrected chi connectivity index (χ4v) is 2.57. The molecule has 1 aliphatic heterocycles. The van der Waals surface area contributed by atoms with Crippen molar-refractivity contribution in [2.45, 2.75) is 12.8 Å². The van der Waals surface area contributed by atoms with Gasteiger partial charge in [-0.3, -0.25) is 9.69 Å². The van der Waals surface area contributed by atoms with Crippen molar-refractivity contribution in [2.24, 2.45) is 5.92 Å². The number of methoxy groups -OCH3 is 1. The number of piperidine rings is 1. The molecule has 0 aliphatic carbocycles. The van der Waals surface area contributed by atoms with E-state index in [1.807, 2.05) is 29.2 Å². The van der Waals surface area contributed by atoms with Gasteiger partial charge in [0.15, 0.2) is 11.5 Å². The topological polar surface area (TPSA) is 59.0 Å². The number of carbonyl (C=O) groups is 1. The number of hydrogen-bond acceptors (Lipinski definition) is 4. The maximum atomic E-state index is 10.7. The molecule has 1 heterocycles. The van der Waals surface area contributed by atoms with Crippen LogP contribution in [0.1, 0.15) is 12.8 Å². The maximum Gasteiger partial charge on any atom is 0.317 e. The molecule has 1 atom stereocenters. The van der Waals surface area contributed by atoms with Crippen LogP contribution in [0.25, 0.3) is 0 Å². The third-order valence-corrected chi connectivity index (χ3v) is 3.51. The molecule has 2 rings (SSSR count). The lowest BCUT2D eigenvalue weighted by molar-refractivity contribution is -0.138. The largest absolute Gasteiger partial charge is 0.493 e. The fourth-order valence-electron chi connectivity index (χ4n) is 2.57. The molecular weight excluding hydrogens is 258 g/mol. The average Bonchev–Trinajstić information content (AvgIpc) is 2.45.